The first-order chi connectivity index (χ1) is 7.63. The van der Waals surface area contributed by atoms with E-state index in [0.29, 0.717) is 13.0 Å². The van der Waals surface area contributed by atoms with Crippen LogP contribution in [0.25, 0.3) is 0 Å². The molecule has 4 nitrogen and oxygen atoms in total. The molecule has 0 aromatic carbocycles. The molecule has 0 fully saturated rings. The molecule has 1 aromatic rings. The summed E-state index contributed by atoms with van der Waals surface area (Å²) in [4.78, 5) is 4.38. The number of aliphatic hydroxyl groups is 1. The van der Waals surface area contributed by atoms with Gasteiger partial charge in [-0.05, 0) is 32.7 Å². The van der Waals surface area contributed by atoms with Crippen molar-refractivity contribution in [2.75, 3.05) is 20.3 Å². The SMILES string of the molecule is COc1c(C)cnc(CC(CN)CO)c1C. The Morgan fingerprint density at radius 1 is 1.50 bits per heavy atom. The molecule has 3 N–H and O–H groups in total. The zero-order chi connectivity index (χ0) is 12.1. The molecule has 1 unspecified atom stereocenters. The van der Waals surface area contributed by atoms with Gasteiger partial charge in [0.25, 0.3) is 0 Å². The first-order valence-corrected chi connectivity index (χ1v) is 5.44. The van der Waals surface area contributed by atoms with Crippen LogP contribution in [0, 0.1) is 19.8 Å². The summed E-state index contributed by atoms with van der Waals surface area (Å²) in [6, 6.07) is 0. The lowest BCUT2D eigenvalue weighted by Crippen LogP contribution is -2.21. The van der Waals surface area contributed by atoms with Crippen LogP contribution in [0.2, 0.25) is 0 Å². The van der Waals surface area contributed by atoms with E-state index in [1.54, 1.807) is 13.3 Å². The van der Waals surface area contributed by atoms with Gasteiger partial charge in [0, 0.05) is 29.6 Å². The maximum Gasteiger partial charge on any atom is 0.128 e. The lowest BCUT2D eigenvalue weighted by Gasteiger charge is -2.15. The Balaban J connectivity index is 2.97. The molecule has 0 aliphatic rings. The first-order valence-electron chi connectivity index (χ1n) is 5.44. The Hall–Kier alpha value is -1.13. The van der Waals surface area contributed by atoms with Crippen molar-refractivity contribution in [2.24, 2.45) is 11.7 Å². The second-order valence-corrected chi connectivity index (χ2v) is 4.03. The molecule has 1 heterocycles. The van der Waals surface area contributed by atoms with Gasteiger partial charge in [-0.3, -0.25) is 4.98 Å². The van der Waals surface area contributed by atoms with Gasteiger partial charge in [-0.1, -0.05) is 0 Å². The van der Waals surface area contributed by atoms with Gasteiger partial charge in [-0.25, -0.2) is 0 Å². The van der Waals surface area contributed by atoms with Crippen molar-refractivity contribution in [3.63, 3.8) is 0 Å². The van der Waals surface area contributed by atoms with Crippen LogP contribution in [0.3, 0.4) is 0 Å². The van der Waals surface area contributed by atoms with E-state index in [0.717, 1.165) is 22.6 Å². The monoisotopic (exact) mass is 224 g/mol. The lowest BCUT2D eigenvalue weighted by molar-refractivity contribution is 0.228. The van der Waals surface area contributed by atoms with Crippen molar-refractivity contribution in [3.05, 3.63) is 23.0 Å². The number of methoxy groups -OCH3 is 1. The highest BCUT2D eigenvalue weighted by molar-refractivity contribution is 5.41. The van der Waals surface area contributed by atoms with Crippen molar-refractivity contribution in [1.29, 1.82) is 0 Å². The average Bonchev–Trinajstić information content (AvgIpc) is 2.29. The highest BCUT2D eigenvalue weighted by Gasteiger charge is 2.13. The summed E-state index contributed by atoms with van der Waals surface area (Å²) >= 11 is 0. The number of pyridine rings is 1. The molecule has 0 bridgehead atoms. The molecule has 0 spiro atoms. The molecule has 0 radical (unpaired) electrons. The Labute approximate surface area is 96.5 Å². The molecule has 1 aromatic heterocycles. The van der Waals surface area contributed by atoms with Crippen LogP contribution >= 0.6 is 0 Å². The van der Waals surface area contributed by atoms with Crippen LogP contribution in [0.1, 0.15) is 16.8 Å². The topological polar surface area (TPSA) is 68.4 Å². The van der Waals surface area contributed by atoms with Gasteiger partial charge in [0.05, 0.1) is 7.11 Å². The third-order valence-electron chi connectivity index (χ3n) is 2.82. The second kappa shape index (κ2) is 5.82. The van der Waals surface area contributed by atoms with E-state index < -0.39 is 0 Å². The van der Waals surface area contributed by atoms with Crippen LogP contribution in [0.4, 0.5) is 0 Å². The van der Waals surface area contributed by atoms with Crippen molar-refractivity contribution in [2.45, 2.75) is 20.3 Å². The molecule has 90 valence electrons. The molecule has 4 heteroatoms. The van der Waals surface area contributed by atoms with E-state index in [9.17, 15) is 0 Å². The summed E-state index contributed by atoms with van der Waals surface area (Å²) in [6.07, 6.45) is 2.49. The number of aromatic nitrogens is 1. The van der Waals surface area contributed by atoms with Crippen molar-refractivity contribution in [1.82, 2.24) is 4.98 Å². The Bertz CT molecular complexity index is 349. The second-order valence-electron chi connectivity index (χ2n) is 4.03. The van der Waals surface area contributed by atoms with Gasteiger partial charge < -0.3 is 15.6 Å². The molecule has 0 aliphatic carbocycles. The van der Waals surface area contributed by atoms with Gasteiger partial charge in [0.15, 0.2) is 0 Å². The van der Waals surface area contributed by atoms with Crippen molar-refractivity contribution < 1.29 is 9.84 Å². The van der Waals surface area contributed by atoms with Gasteiger partial charge >= 0.3 is 0 Å². The zero-order valence-corrected chi connectivity index (χ0v) is 10.2. The van der Waals surface area contributed by atoms with E-state index in [2.05, 4.69) is 4.98 Å². The molecular weight excluding hydrogens is 204 g/mol. The molecule has 1 atom stereocenters. The lowest BCUT2D eigenvalue weighted by atomic mass is 10.00. The normalized spacial score (nSPS) is 12.6. The van der Waals surface area contributed by atoms with Gasteiger partial charge in [-0.15, -0.1) is 0 Å². The molecule has 0 saturated carbocycles. The third-order valence-corrected chi connectivity index (χ3v) is 2.82. The van der Waals surface area contributed by atoms with E-state index >= 15 is 0 Å². The van der Waals surface area contributed by atoms with Crippen LogP contribution in [0.15, 0.2) is 6.20 Å². The molecule has 0 aliphatic heterocycles. The number of nitrogens with zero attached hydrogens (tertiary/aromatic N) is 1. The fourth-order valence-corrected chi connectivity index (χ4v) is 1.77. The van der Waals surface area contributed by atoms with E-state index in [-0.39, 0.29) is 12.5 Å². The number of hydrogen-bond acceptors (Lipinski definition) is 4. The smallest absolute Gasteiger partial charge is 0.128 e. The summed E-state index contributed by atoms with van der Waals surface area (Å²) < 4.78 is 5.33. The molecule has 16 heavy (non-hydrogen) atoms. The minimum absolute atomic E-state index is 0.0682. The first kappa shape index (κ1) is 12.9. The summed E-state index contributed by atoms with van der Waals surface area (Å²) in [5, 5.41) is 9.12. The predicted molar refractivity (Wildman–Crippen MR) is 63.6 cm³/mol. The zero-order valence-electron chi connectivity index (χ0n) is 10.2. The number of nitrogens with two attached hydrogens (primary N) is 1. The summed E-state index contributed by atoms with van der Waals surface area (Å²) in [6.45, 7) is 4.51. The van der Waals surface area contributed by atoms with Crippen LogP contribution in [-0.4, -0.2) is 30.4 Å². The van der Waals surface area contributed by atoms with E-state index in [4.69, 9.17) is 15.6 Å². The standard InChI is InChI=1S/C12H20N2O2/c1-8-6-14-11(4-10(5-13)7-15)9(2)12(8)16-3/h6,10,15H,4-5,7,13H2,1-3H3. The third kappa shape index (κ3) is 2.71. The average molecular weight is 224 g/mol. The molecule has 0 saturated heterocycles. The number of ether oxygens (including phenoxy) is 1. The minimum Gasteiger partial charge on any atom is -0.496 e. The molecular formula is C12H20N2O2. The summed E-state index contributed by atoms with van der Waals surface area (Å²) in [5.41, 5.74) is 8.58. The Morgan fingerprint density at radius 3 is 2.69 bits per heavy atom. The maximum atomic E-state index is 9.12. The Kier molecular flexibility index (Phi) is 4.71. The summed E-state index contributed by atoms with van der Waals surface area (Å²) in [7, 11) is 1.66. The van der Waals surface area contributed by atoms with Gasteiger partial charge in [-0.2, -0.15) is 0 Å². The van der Waals surface area contributed by atoms with Crippen LogP contribution in [0.5, 0.6) is 5.75 Å². The number of hydrogen-bond donors (Lipinski definition) is 2. The fourth-order valence-electron chi connectivity index (χ4n) is 1.77. The number of rotatable bonds is 5. The van der Waals surface area contributed by atoms with E-state index in [1.165, 1.54) is 0 Å². The molecule has 1 rings (SSSR count). The number of aliphatic hydroxyl groups excluding tert-OH is 1. The highest BCUT2D eigenvalue weighted by Crippen LogP contribution is 2.25. The maximum absolute atomic E-state index is 9.12. The quantitative estimate of drug-likeness (QED) is 0.777. The fraction of sp³-hybridized carbons (Fsp3) is 0.583. The largest absolute Gasteiger partial charge is 0.496 e. The van der Waals surface area contributed by atoms with Crippen molar-refractivity contribution in [3.8, 4) is 5.75 Å². The number of aryl methyl sites for hydroxylation is 1. The summed E-state index contributed by atoms with van der Waals surface area (Å²) in [5.74, 6) is 0.942. The van der Waals surface area contributed by atoms with Gasteiger partial charge in [0.2, 0.25) is 0 Å². The minimum atomic E-state index is 0.0682. The molecule has 0 amide bonds. The van der Waals surface area contributed by atoms with E-state index in [1.807, 2.05) is 13.8 Å². The highest BCUT2D eigenvalue weighted by atomic mass is 16.5. The van der Waals surface area contributed by atoms with Gasteiger partial charge in [0.1, 0.15) is 5.75 Å². The van der Waals surface area contributed by atoms with Crippen LogP contribution < -0.4 is 10.5 Å². The Morgan fingerprint density at radius 2 is 2.19 bits per heavy atom. The van der Waals surface area contributed by atoms with Crippen LogP contribution in [-0.2, 0) is 6.42 Å². The predicted octanol–water partition coefficient (Wildman–Crippen LogP) is 0.817. The van der Waals surface area contributed by atoms with Crippen molar-refractivity contribution >= 4 is 0 Å².